The molecule has 3 rings (SSSR count). The van der Waals surface area contributed by atoms with Crippen molar-refractivity contribution in [3.63, 3.8) is 0 Å². The third-order valence-electron chi connectivity index (χ3n) is 4.38. The summed E-state index contributed by atoms with van der Waals surface area (Å²) in [6.45, 7) is 5.49. The highest BCUT2D eigenvalue weighted by molar-refractivity contribution is 6.31. The van der Waals surface area contributed by atoms with E-state index >= 15 is 0 Å². The number of ether oxygens (including phenoxy) is 1. The number of amides is 1. The molecule has 0 aliphatic heterocycles. The van der Waals surface area contributed by atoms with Crippen molar-refractivity contribution in [3.05, 3.63) is 62.8 Å². The molecule has 30 heavy (non-hydrogen) atoms. The maximum absolute atomic E-state index is 12.5. The van der Waals surface area contributed by atoms with Gasteiger partial charge in [0.2, 0.25) is 0 Å². The summed E-state index contributed by atoms with van der Waals surface area (Å²) in [5, 5.41) is 22.2. The van der Waals surface area contributed by atoms with E-state index in [-0.39, 0.29) is 22.9 Å². The SMILES string of the molecule is CCn1nnc(-c2ccc([N+](=O)[O-])c(C)n2)c1NC(=O)O[C@H](C)c1ccccc1Cl. The van der Waals surface area contributed by atoms with Gasteiger partial charge in [0.05, 0.1) is 10.6 Å². The van der Waals surface area contributed by atoms with E-state index in [2.05, 4.69) is 20.6 Å². The van der Waals surface area contributed by atoms with E-state index in [4.69, 9.17) is 16.3 Å². The van der Waals surface area contributed by atoms with Crippen molar-refractivity contribution in [3.8, 4) is 11.4 Å². The average Bonchev–Trinajstić information content (AvgIpc) is 3.10. The van der Waals surface area contributed by atoms with Crippen LogP contribution in [-0.4, -0.2) is 31.0 Å². The number of nitrogens with zero attached hydrogens (tertiary/aromatic N) is 5. The number of benzene rings is 1. The van der Waals surface area contributed by atoms with Crippen LogP contribution in [0.5, 0.6) is 0 Å². The number of aryl methyl sites for hydroxylation is 2. The molecule has 1 aromatic carbocycles. The summed E-state index contributed by atoms with van der Waals surface area (Å²) in [5.74, 6) is 0.273. The first-order valence-electron chi connectivity index (χ1n) is 9.09. The van der Waals surface area contributed by atoms with Crippen LogP contribution >= 0.6 is 11.6 Å². The maximum atomic E-state index is 12.5. The number of carbonyl (C=O) groups is 1. The molecule has 0 radical (unpaired) electrons. The minimum atomic E-state index is -0.723. The summed E-state index contributed by atoms with van der Waals surface area (Å²) < 4.78 is 6.91. The van der Waals surface area contributed by atoms with Crippen LogP contribution in [0.3, 0.4) is 0 Å². The molecule has 0 aliphatic rings. The van der Waals surface area contributed by atoms with E-state index in [9.17, 15) is 14.9 Å². The molecule has 10 nitrogen and oxygen atoms in total. The lowest BCUT2D eigenvalue weighted by molar-refractivity contribution is -0.385. The van der Waals surface area contributed by atoms with Crippen molar-refractivity contribution in [2.24, 2.45) is 0 Å². The van der Waals surface area contributed by atoms with E-state index in [1.165, 1.54) is 23.7 Å². The number of hydrogen-bond donors (Lipinski definition) is 1. The van der Waals surface area contributed by atoms with Crippen LogP contribution in [0, 0.1) is 17.0 Å². The van der Waals surface area contributed by atoms with Gasteiger partial charge in [-0.2, -0.15) is 0 Å². The second kappa shape index (κ2) is 8.87. The number of rotatable bonds is 6. The molecule has 156 valence electrons. The van der Waals surface area contributed by atoms with Gasteiger partial charge >= 0.3 is 6.09 Å². The Morgan fingerprint density at radius 1 is 1.33 bits per heavy atom. The summed E-state index contributed by atoms with van der Waals surface area (Å²) in [6, 6.07) is 9.87. The molecule has 2 heterocycles. The van der Waals surface area contributed by atoms with Crippen molar-refractivity contribution < 1.29 is 14.5 Å². The van der Waals surface area contributed by atoms with Gasteiger partial charge < -0.3 is 4.74 Å². The second-order valence-electron chi connectivity index (χ2n) is 6.35. The topological polar surface area (TPSA) is 125 Å². The van der Waals surface area contributed by atoms with E-state index in [1.54, 1.807) is 31.2 Å². The van der Waals surface area contributed by atoms with Crippen LogP contribution in [0.15, 0.2) is 36.4 Å². The molecule has 1 amide bonds. The molecular formula is C19H19ClN6O4. The zero-order chi connectivity index (χ0) is 21.8. The van der Waals surface area contributed by atoms with E-state index in [0.29, 0.717) is 22.8 Å². The molecule has 11 heteroatoms. The Kier molecular flexibility index (Phi) is 6.26. The average molecular weight is 431 g/mol. The highest BCUT2D eigenvalue weighted by Crippen LogP contribution is 2.29. The number of nitrogens with one attached hydrogen (secondary N) is 1. The third-order valence-corrected chi connectivity index (χ3v) is 4.72. The summed E-state index contributed by atoms with van der Waals surface area (Å²) in [7, 11) is 0. The normalized spacial score (nSPS) is 11.7. The molecule has 0 aliphatic carbocycles. The minimum absolute atomic E-state index is 0.107. The zero-order valence-corrected chi connectivity index (χ0v) is 17.3. The Balaban J connectivity index is 1.85. The molecule has 3 aromatic rings. The van der Waals surface area contributed by atoms with Crippen molar-refractivity contribution >= 4 is 29.2 Å². The first-order chi connectivity index (χ1) is 14.3. The van der Waals surface area contributed by atoms with Gasteiger partial charge in [-0.1, -0.05) is 35.0 Å². The predicted octanol–water partition coefficient (Wildman–Crippen LogP) is 4.54. The first-order valence-corrected chi connectivity index (χ1v) is 9.47. The Morgan fingerprint density at radius 2 is 2.07 bits per heavy atom. The fourth-order valence-corrected chi connectivity index (χ4v) is 3.15. The number of carbonyl (C=O) groups excluding carboxylic acids is 1. The van der Waals surface area contributed by atoms with Gasteiger partial charge in [0.15, 0.2) is 11.5 Å². The van der Waals surface area contributed by atoms with Crippen LogP contribution in [0.2, 0.25) is 5.02 Å². The predicted molar refractivity (Wildman–Crippen MR) is 110 cm³/mol. The molecule has 2 aromatic heterocycles. The highest BCUT2D eigenvalue weighted by atomic mass is 35.5. The van der Waals surface area contributed by atoms with Gasteiger partial charge in [-0.15, -0.1) is 5.10 Å². The fraction of sp³-hybridized carbons (Fsp3) is 0.263. The number of nitro groups is 1. The standard InChI is InChI=1S/C19H19ClN6O4/c1-4-25-18(22-19(27)30-12(3)13-7-5-6-8-14(13)20)17(23-24-25)15-9-10-16(26(28)29)11(2)21-15/h5-10,12H,4H2,1-3H3,(H,22,27)/t12-/m1/s1. The van der Waals surface area contributed by atoms with Gasteiger partial charge in [-0.3, -0.25) is 15.4 Å². The smallest absolute Gasteiger partial charge is 0.413 e. The fourth-order valence-electron chi connectivity index (χ4n) is 2.86. The number of halogens is 1. The number of hydrogen-bond acceptors (Lipinski definition) is 7. The Labute approximate surface area is 177 Å². The van der Waals surface area contributed by atoms with Gasteiger partial charge in [0.1, 0.15) is 11.8 Å². The monoisotopic (exact) mass is 430 g/mol. The van der Waals surface area contributed by atoms with Crippen molar-refractivity contribution in [2.75, 3.05) is 5.32 Å². The van der Waals surface area contributed by atoms with Gasteiger partial charge in [0.25, 0.3) is 5.69 Å². The van der Waals surface area contributed by atoms with Gasteiger partial charge in [-0.05, 0) is 32.9 Å². The van der Waals surface area contributed by atoms with Crippen LogP contribution in [0.4, 0.5) is 16.3 Å². The summed E-state index contributed by atoms with van der Waals surface area (Å²) in [6.07, 6.45) is -1.31. The lowest BCUT2D eigenvalue weighted by Gasteiger charge is -2.16. The van der Waals surface area contributed by atoms with Crippen LogP contribution < -0.4 is 5.32 Å². The number of aromatic nitrogens is 4. The van der Waals surface area contributed by atoms with Crippen LogP contribution in [0.1, 0.15) is 31.2 Å². The molecule has 0 spiro atoms. The quantitative estimate of drug-likeness (QED) is 0.449. The Morgan fingerprint density at radius 3 is 2.70 bits per heavy atom. The largest absolute Gasteiger partial charge is 0.441 e. The first kappa shape index (κ1) is 21.2. The van der Waals surface area contributed by atoms with Crippen molar-refractivity contribution in [1.82, 2.24) is 20.0 Å². The number of pyridine rings is 1. The summed E-state index contributed by atoms with van der Waals surface area (Å²) >= 11 is 6.16. The van der Waals surface area contributed by atoms with Gasteiger partial charge in [0, 0.05) is 23.2 Å². The molecule has 0 fully saturated rings. The molecule has 1 atom stereocenters. The lowest BCUT2D eigenvalue weighted by atomic mass is 10.1. The van der Waals surface area contributed by atoms with E-state index in [0.717, 1.165) is 0 Å². The molecular weight excluding hydrogens is 412 g/mol. The van der Waals surface area contributed by atoms with Crippen LogP contribution in [0.25, 0.3) is 11.4 Å². The van der Waals surface area contributed by atoms with Gasteiger partial charge in [-0.25, -0.2) is 14.5 Å². The number of anilines is 1. The zero-order valence-electron chi connectivity index (χ0n) is 16.5. The maximum Gasteiger partial charge on any atom is 0.413 e. The Hall–Kier alpha value is -3.53. The molecule has 0 bridgehead atoms. The molecule has 0 saturated carbocycles. The molecule has 0 saturated heterocycles. The van der Waals surface area contributed by atoms with E-state index < -0.39 is 17.1 Å². The minimum Gasteiger partial charge on any atom is -0.441 e. The van der Waals surface area contributed by atoms with Crippen LogP contribution in [-0.2, 0) is 11.3 Å². The van der Waals surface area contributed by atoms with E-state index in [1.807, 2.05) is 6.92 Å². The molecule has 0 unspecified atom stereocenters. The highest BCUT2D eigenvalue weighted by Gasteiger charge is 2.22. The van der Waals surface area contributed by atoms with Crippen molar-refractivity contribution in [1.29, 1.82) is 0 Å². The summed E-state index contributed by atoms with van der Waals surface area (Å²) in [5.41, 5.74) is 1.40. The summed E-state index contributed by atoms with van der Waals surface area (Å²) in [4.78, 5) is 27.3. The second-order valence-corrected chi connectivity index (χ2v) is 6.76. The molecule has 1 N–H and O–H groups in total. The van der Waals surface area contributed by atoms with Crippen molar-refractivity contribution in [2.45, 2.75) is 33.4 Å². The third kappa shape index (κ3) is 4.38. The Bertz CT molecular complexity index is 1100. The lowest BCUT2D eigenvalue weighted by Crippen LogP contribution is -2.19.